The summed E-state index contributed by atoms with van der Waals surface area (Å²) in [6.45, 7) is 5.03. The Bertz CT molecular complexity index is 490. The van der Waals surface area contributed by atoms with Crippen LogP contribution in [0.3, 0.4) is 0 Å². The van der Waals surface area contributed by atoms with Gasteiger partial charge in [-0.1, -0.05) is 6.92 Å². The Balaban J connectivity index is 2.83. The fourth-order valence-electron chi connectivity index (χ4n) is 1.33. The fraction of sp³-hybridized carbons (Fsp3) is 0.636. The third-order valence-electron chi connectivity index (χ3n) is 2.57. The summed E-state index contributed by atoms with van der Waals surface area (Å²) in [4.78, 5) is 11.9. The first-order chi connectivity index (χ1) is 8.47. The van der Waals surface area contributed by atoms with Crippen molar-refractivity contribution in [3.63, 3.8) is 0 Å². The Labute approximate surface area is 118 Å². The highest BCUT2D eigenvalue weighted by Gasteiger charge is 2.10. The zero-order valence-corrected chi connectivity index (χ0v) is 13.2. The van der Waals surface area contributed by atoms with Crippen molar-refractivity contribution >= 4 is 32.4 Å². The molecule has 0 aliphatic rings. The molecule has 0 radical (unpaired) electrons. The molecule has 0 saturated heterocycles. The van der Waals surface area contributed by atoms with Gasteiger partial charge in [-0.25, -0.2) is 4.68 Å². The summed E-state index contributed by atoms with van der Waals surface area (Å²) < 4.78 is 13.1. The van der Waals surface area contributed by atoms with Gasteiger partial charge in [-0.15, -0.1) is 0 Å². The lowest BCUT2D eigenvalue weighted by Gasteiger charge is -2.12. The highest BCUT2D eigenvalue weighted by molar-refractivity contribution is 9.10. The lowest BCUT2D eigenvalue weighted by Crippen LogP contribution is -2.26. The molecule has 0 aliphatic carbocycles. The van der Waals surface area contributed by atoms with Crippen molar-refractivity contribution in [3.05, 3.63) is 21.0 Å². The van der Waals surface area contributed by atoms with E-state index in [2.05, 4.69) is 26.3 Å². The van der Waals surface area contributed by atoms with Crippen molar-refractivity contribution in [1.29, 1.82) is 0 Å². The number of halogens is 1. The molecule has 7 heteroatoms. The van der Waals surface area contributed by atoms with Gasteiger partial charge in [0.05, 0.1) is 11.9 Å². The van der Waals surface area contributed by atoms with Gasteiger partial charge in [0.2, 0.25) is 0 Å². The van der Waals surface area contributed by atoms with E-state index in [1.165, 1.54) is 4.68 Å². The van der Waals surface area contributed by atoms with E-state index in [1.54, 1.807) is 12.5 Å². The van der Waals surface area contributed by atoms with Crippen LogP contribution in [0.4, 0.5) is 5.69 Å². The molecule has 102 valence electrons. The zero-order valence-electron chi connectivity index (χ0n) is 10.8. The predicted molar refractivity (Wildman–Crippen MR) is 78.5 cm³/mol. The highest BCUT2D eigenvalue weighted by atomic mass is 79.9. The Kier molecular flexibility index (Phi) is 6.01. The second-order valence-corrected chi connectivity index (χ2v) is 6.69. The van der Waals surface area contributed by atoms with Crippen LogP contribution < -0.4 is 10.9 Å². The second kappa shape index (κ2) is 7.04. The number of hydrogen-bond donors (Lipinski definition) is 1. The summed E-state index contributed by atoms with van der Waals surface area (Å²) >= 11 is 3.28. The van der Waals surface area contributed by atoms with E-state index in [-0.39, 0.29) is 10.8 Å². The van der Waals surface area contributed by atoms with Gasteiger partial charge in [-0.2, -0.15) is 5.10 Å². The third-order valence-corrected chi connectivity index (χ3v) is 4.63. The van der Waals surface area contributed by atoms with Crippen molar-refractivity contribution < 1.29 is 4.21 Å². The Hall–Kier alpha value is -0.690. The van der Waals surface area contributed by atoms with E-state index in [0.717, 1.165) is 6.42 Å². The summed E-state index contributed by atoms with van der Waals surface area (Å²) in [5.41, 5.74) is 0.497. The van der Waals surface area contributed by atoms with Crippen molar-refractivity contribution in [2.75, 3.05) is 18.1 Å². The van der Waals surface area contributed by atoms with Gasteiger partial charge >= 0.3 is 0 Å². The normalized spacial score (nSPS) is 14.2. The first-order valence-corrected chi connectivity index (χ1v) is 8.20. The van der Waals surface area contributed by atoms with Crippen LogP contribution in [0, 0.1) is 0 Å². The van der Waals surface area contributed by atoms with Gasteiger partial charge in [0.25, 0.3) is 5.56 Å². The number of nitrogens with one attached hydrogen (secondary N) is 1. The molecule has 2 atom stereocenters. The Morgan fingerprint density at radius 2 is 2.28 bits per heavy atom. The van der Waals surface area contributed by atoms with Crippen LogP contribution in [-0.4, -0.2) is 32.0 Å². The van der Waals surface area contributed by atoms with E-state index in [0.29, 0.717) is 23.2 Å². The predicted octanol–water partition coefficient (Wildman–Crippen LogP) is 1.59. The number of hydrogen-bond acceptors (Lipinski definition) is 4. The van der Waals surface area contributed by atoms with E-state index < -0.39 is 10.8 Å². The second-order valence-electron chi connectivity index (χ2n) is 4.09. The fourth-order valence-corrected chi connectivity index (χ4v) is 2.10. The standard InChI is InChI=1S/C11H18BrN3O2S/c1-4-5-15-11(16)10(12)9(7-14-15)13-6-8(2)18(3)17/h7-8,13H,4-6H2,1-3H3. The summed E-state index contributed by atoms with van der Waals surface area (Å²) in [7, 11) is -0.885. The largest absolute Gasteiger partial charge is 0.381 e. The van der Waals surface area contributed by atoms with E-state index in [4.69, 9.17) is 0 Å². The van der Waals surface area contributed by atoms with Crippen LogP contribution in [-0.2, 0) is 17.3 Å². The van der Waals surface area contributed by atoms with E-state index in [1.807, 2.05) is 13.8 Å². The SMILES string of the molecule is CCCn1ncc(NCC(C)S(C)=O)c(Br)c1=O. The number of anilines is 1. The molecule has 1 aromatic rings. The molecule has 0 saturated carbocycles. The minimum Gasteiger partial charge on any atom is -0.381 e. The maximum atomic E-state index is 11.9. The molecule has 1 heterocycles. The zero-order chi connectivity index (χ0) is 13.7. The van der Waals surface area contributed by atoms with E-state index in [9.17, 15) is 9.00 Å². The monoisotopic (exact) mass is 335 g/mol. The van der Waals surface area contributed by atoms with Crippen LogP contribution in [0.5, 0.6) is 0 Å². The first-order valence-electron chi connectivity index (χ1n) is 5.79. The van der Waals surface area contributed by atoms with Crippen LogP contribution in [0.15, 0.2) is 15.5 Å². The third kappa shape index (κ3) is 3.91. The van der Waals surface area contributed by atoms with Gasteiger partial charge in [0.1, 0.15) is 4.47 Å². The van der Waals surface area contributed by atoms with Gasteiger partial charge in [-0.3, -0.25) is 9.00 Å². The summed E-state index contributed by atoms with van der Waals surface area (Å²) in [6, 6.07) is 0. The molecule has 1 aromatic heterocycles. The van der Waals surface area contributed by atoms with E-state index >= 15 is 0 Å². The first kappa shape index (κ1) is 15.4. The molecular weight excluding hydrogens is 318 g/mol. The smallest absolute Gasteiger partial charge is 0.283 e. The van der Waals surface area contributed by atoms with Crippen LogP contribution in [0.25, 0.3) is 0 Å². The number of aromatic nitrogens is 2. The Morgan fingerprint density at radius 3 is 2.83 bits per heavy atom. The molecule has 0 aromatic carbocycles. The van der Waals surface area contributed by atoms with Crippen molar-refractivity contribution in [2.45, 2.75) is 32.1 Å². The molecule has 1 N–H and O–H groups in total. The quantitative estimate of drug-likeness (QED) is 0.857. The minimum atomic E-state index is -0.885. The van der Waals surface area contributed by atoms with Crippen molar-refractivity contribution in [3.8, 4) is 0 Å². The maximum absolute atomic E-state index is 11.9. The molecule has 5 nitrogen and oxygen atoms in total. The number of rotatable bonds is 6. The van der Waals surface area contributed by atoms with Gasteiger partial charge in [-0.05, 0) is 29.3 Å². The van der Waals surface area contributed by atoms with Crippen LogP contribution in [0.1, 0.15) is 20.3 Å². The topological polar surface area (TPSA) is 64.0 Å². The molecule has 0 amide bonds. The molecule has 18 heavy (non-hydrogen) atoms. The molecule has 1 rings (SSSR count). The average Bonchev–Trinajstić information content (AvgIpc) is 2.33. The lowest BCUT2D eigenvalue weighted by atomic mass is 10.4. The molecular formula is C11H18BrN3O2S. The van der Waals surface area contributed by atoms with Crippen molar-refractivity contribution in [1.82, 2.24) is 9.78 Å². The van der Waals surface area contributed by atoms with Gasteiger partial charge in [0.15, 0.2) is 0 Å². The summed E-state index contributed by atoms with van der Waals surface area (Å²) in [5.74, 6) is 0. The maximum Gasteiger partial charge on any atom is 0.283 e. The summed E-state index contributed by atoms with van der Waals surface area (Å²) in [5, 5.41) is 7.20. The van der Waals surface area contributed by atoms with Crippen molar-refractivity contribution in [2.24, 2.45) is 0 Å². The lowest BCUT2D eigenvalue weighted by molar-refractivity contribution is 0.566. The highest BCUT2D eigenvalue weighted by Crippen LogP contribution is 2.16. The molecule has 0 spiro atoms. The van der Waals surface area contributed by atoms with Crippen LogP contribution in [0.2, 0.25) is 0 Å². The molecule has 2 unspecified atom stereocenters. The summed E-state index contributed by atoms with van der Waals surface area (Å²) in [6.07, 6.45) is 4.14. The average molecular weight is 336 g/mol. The van der Waals surface area contributed by atoms with Gasteiger partial charge in [0, 0.05) is 35.4 Å². The van der Waals surface area contributed by atoms with Gasteiger partial charge < -0.3 is 5.32 Å². The molecule has 0 bridgehead atoms. The minimum absolute atomic E-state index is 0.0231. The Morgan fingerprint density at radius 1 is 1.61 bits per heavy atom. The van der Waals surface area contributed by atoms with Crippen LogP contribution >= 0.6 is 15.9 Å². The molecule has 0 fully saturated rings. The number of nitrogens with zero attached hydrogens (tertiary/aromatic N) is 2. The molecule has 0 aliphatic heterocycles. The number of aryl methyl sites for hydroxylation is 1.